The maximum Gasteiger partial charge on any atom is 0.238 e. The number of hydrogen-bond acceptors (Lipinski definition) is 2. The predicted octanol–water partition coefficient (Wildman–Crippen LogP) is 3.91. The average Bonchev–Trinajstić information content (AvgIpc) is 3.13. The van der Waals surface area contributed by atoms with Gasteiger partial charge in [-0.25, -0.2) is 4.90 Å². The Hall–Kier alpha value is -1.87. The number of carbonyl (C=O) groups is 2. The van der Waals surface area contributed by atoms with Crippen LogP contribution in [0, 0.1) is 30.6 Å². The fourth-order valence-corrected chi connectivity index (χ4v) is 4.66. The minimum Gasteiger partial charge on any atom is -0.274 e. The highest BCUT2D eigenvalue weighted by molar-refractivity contribution is 6.31. The maximum absolute atomic E-state index is 13.0. The lowest BCUT2D eigenvalue weighted by atomic mass is 9.85. The number of nitrogens with zero attached hydrogens (tertiary/aromatic N) is 1. The van der Waals surface area contributed by atoms with Crippen LogP contribution in [0.4, 0.5) is 5.69 Å². The number of benzene rings is 1. The quantitative estimate of drug-likeness (QED) is 0.579. The molecule has 2 bridgehead atoms. The molecule has 4 rings (SSSR count). The van der Waals surface area contributed by atoms with Crippen molar-refractivity contribution in [2.45, 2.75) is 20.8 Å². The fraction of sp³-hybridized carbons (Fsp3) is 0.368. The number of amides is 2. The summed E-state index contributed by atoms with van der Waals surface area (Å²) in [5.41, 5.74) is 4.01. The number of aryl methyl sites for hydroxylation is 1. The summed E-state index contributed by atoms with van der Waals surface area (Å²) in [7, 11) is 0. The molecule has 4 atom stereocenters. The van der Waals surface area contributed by atoms with Crippen molar-refractivity contribution >= 4 is 29.1 Å². The standard InChI is InChI=1S/C19H18ClNO2/c1-9(2)15-12-6-7-13(15)17-16(12)18(22)21(19(17)23)14-8-11(20)5-4-10(14)3/h4-8,12-13,16-17H,1-3H3/t12-,13-,16-,17-/m1/s1. The minimum absolute atomic E-state index is 0.0796. The third-order valence-electron chi connectivity index (χ3n) is 5.41. The molecule has 1 aromatic carbocycles. The molecular weight excluding hydrogens is 310 g/mol. The molecule has 0 spiro atoms. The molecule has 1 saturated carbocycles. The molecule has 3 nitrogen and oxygen atoms in total. The summed E-state index contributed by atoms with van der Waals surface area (Å²) < 4.78 is 0. The van der Waals surface area contributed by atoms with Gasteiger partial charge < -0.3 is 0 Å². The molecule has 2 fully saturated rings. The Bertz CT molecular complexity index is 770. The second-order valence-corrected chi connectivity index (χ2v) is 7.32. The highest BCUT2D eigenvalue weighted by Crippen LogP contribution is 2.57. The van der Waals surface area contributed by atoms with Gasteiger partial charge in [0.15, 0.2) is 0 Å². The molecular formula is C19H18ClNO2. The third-order valence-corrected chi connectivity index (χ3v) is 5.64. The first kappa shape index (κ1) is 14.7. The van der Waals surface area contributed by atoms with Gasteiger partial charge in [0.2, 0.25) is 11.8 Å². The lowest BCUT2D eigenvalue weighted by molar-refractivity contribution is -0.122. The van der Waals surface area contributed by atoms with Crippen LogP contribution in [-0.2, 0) is 9.59 Å². The summed E-state index contributed by atoms with van der Waals surface area (Å²) >= 11 is 6.08. The van der Waals surface area contributed by atoms with Gasteiger partial charge in [-0.3, -0.25) is 9.59 Å². The van der Waals surface area contributed by atoms with Gasteiger partial charge in [0, 0.05) is 16.9 Å². The SMILES string of the molecule is CC(C)=C1[C@H]2C=C[C@H]1[C@H]1C(=O)N(c3cc(Cl)ccc3C)C(=O)[C@@H]12. The summed E-state index contributed by atoms with van der Waals surface area (Å²) in [6.45, 7) is 6.03. The van der Waals surface area contributed by atoms with Crippen LogP contribution in [0.5, 0.6) is 0 Å². The second kappa shape index (κ2) is 4.81. The third kappa shape index (κ3) is 1.83. The van der Waals surface area contributed by atoms with Crippen molar-refractivity contribution in [3.8, 4) is 0 Å². The van der Waals surface area contributed by atoms with Crippen LogP contribution in [0.2, 0.25) is 5.02 Å². The van der Waals surface area contributed by atoms with Gasteiger partial charge in [-0.15, -0.1) is 0 Å². The van der Waals surface area contributed by atoms with Gasteiger partial charge in [0.1, 0.15) is 0 Å². The number of anilines is 1. The summed E-state index contributed by atoms with van der Waals surface area (Å²) in [5, 5.41) is 0.536. The molecule has 3 aliphatic rings. The Balaban J connectivity index is 1.80. The molecule has 0 unspecified atom stereocenters. The highest BCUT2D eigenvalue weighted by atomic mass is 35.5. The number of imide groups is 1. The van der Waals surface area contributed by atoms with E-state index < -0.39 is 0 Å². The van der Waals surface area contributed by atoms with E-state index in [0.29, 0.717) is 10.7 Å². The van der Waals surface area contributed by atoms with Crippen LogP contribution in [0.3, 0.4) is 0 Å². The Kier molecular flexibility index (Phi) is 3.08. The van der Waals surface area contributed by atoms with Crippen molar-refractivity contribution in [2.24, 2.45) is 23.7 Å². The van der Waals surface area contributed by atoms with Gasteiger partial charge in [0.05, 0.1) is 17.5 Å². The second-order valence-electron chi connectivity index (χ2n) is 6.89. The van der Waals surface area contributed by atoms with E-state index in [-0.39, 0.29) is 35.5 Å². The lowest BCUT2D eigenvalue weighted by Gasteiger charge is -2.21. The van der Waals surface area contributed by atoms with E-state index in [4.69, 9.17) is 11.6 Å². The zero-order chi connectivity index (χ0) is 16.5. The number of fused-ring (bicyclic) bond motifs is 5. The van der Waals surface area contributed by atoms with Gasteiger partial charge in [-0.1, -0.05) is 41.0 Å². The average molecular weight is 328 g/mol. The summed E-state index contributed by atoms with van der Waals surface area (Å²) in [6, 6.07) is 5.34. The monoisotopic (exact) mass is 327 g/mol. The van der Waals surface area contributed by atoms with E-state index in [9.17, 15) is 9.59 Å². The molecule has 0 radical (unpaired) electrons. The highest BCUT2D eigenvalue weighted by Gasteiger charge is 2.62. The van der Waals surface area contributed by atoms with Crippen LogP contribution in [-0.4, -0.2) is 11.8 Å². The van der Waals surface area contributed by atoms with Gasteiger partial charge in [0.25, 0.3) is 0 Å². The van der Waals surface area contributed by atoms with E-state index in [1.54, 1.807) is 12.1 Å². The predicted molar refractivity (Wildman–Crippen MR) is 90.2 cm³/mol. The Morgan fingerprint density at radius 3 is 2.13 bits per heavy atom. The molecule has 2 aliphatic carbocycles. The molecule has 2 amide bonds. The molecule has 0 N–H and O–H groups in total. The van der Waals surface area contributed by atoms with Crippen molar-refractivity contribution < 1.29 is 9.59 Å². The molecule has 1 aliphatic heterocycles. The zero-order valence-corrected chi connectivity index (χ0v) is 14.1. The molecule has 118 valence electrons. The maximum atomic E-state index is 13.0. The number of hydrogen-bond donors (Lipinski definition) is 0. The van der Waals surface area contributed by atoms with Crippen molar-refractivity contribution in [1.82, 2.24) is 0 Å². The fourth-order valence-electron chi connectivity index (χ4n) is 4.49. The minimum atomic E-state index is -0.249. The largest absolute Gasteiger partial charge is 0.274 e. The number of halogens is 1. The van der Waals surface area contributed by atoms with E-state index in [0.717, 1.165) is 5.56 Å². The number of rotatable bonds is 1. The topological polar surface area (TPSA) is 37.4 Å². The van der Waals surface area contributed by atoms with Gasteiger partial charge in [-0.2, -0.15) is 0 Å². The van der Waals surface area contributed by atoms with Crippen LogP contribution in [0.1, 0.15) is 19.4 Å². The zero-order valence-electron chi connectivity index (χ0n) is 13.3. The van der Waals surface area contributed by atoms with Gasteiger partial charge >= 0.3 is 0 Å². The molecule has 1 heterocycles. The van der Waals surface area contributed by atoms with E-state index in [2.05, 4.69) is 26.0 Å². The first-order valence-corrected chi connectivity index (χ1v) is 8.29. The van der Waals surface area contributed by atoms with Crippen molar-refractivity contribution in [2.75, 3.05) is 4.90 Å². The lowest BCUT2D eigenvalue weighted by Crippen LogP contribution is -2.33. The van der Waals surface area contributed by atoms with E-state index in [1.807, 2.05) is 13.0 Å². The molecule has 0 aromatic heterocycles. The Morgan fingerprint density at radius 1 is 1.04 bits per heavy atom. The van der Waals surface area contributed by atoms with Crippen LogP contribution in [0.25, 0.3) is 0 Å². The number of allylic oxidation sites excluding steroid dienone is 4. The normalized spacial score (nSPS) is 31.3. The summed E-state index contributed by atoms with van der Waals surface area (Å²) in [4.78, 5) is 27.4. The van der Waals surface area contributed by atoms with Crippen LogP contribution < -0.4 is 4.90 Å². The van der Waals surface area contributed by atoms with Crippen LogP contribution >= 0.6 is 11.6 Å². The van der Waals surface area contributed by atoms with Gasteiger partial charge in [-0.05, 0) is 38.5 Å². The smallest absolute Gasteiger partial charge is 0.238 e. The summed E-state index contributed by atoms with van der Waals surface area (Å²) in [6.07, 6.45) is 4.21. The molecule has 4 heteroatoms. The van der Waals surface area contributed by atoms with Crippen LogP contribution in [0.15, 0.2) is 41.5 Å². The molecule has 23 heavy (non-hydrogen) atoms. The first-order valence-electron chi connectivity index (χ1n) is 7.91. The Labute approximate surface area is 140 Å². The van der Waals surface area contributed by atoms with E-state index >= 15 is 0 Å². The number of carbonyl (C=O) groups excluding carboxylic acids is 2. The Morgan fingerprint density at radius 2 is 1.61 bits per heavy atom. The summed E-state index contributed by atoms with van der Waals surface area (Å²) in [5.74, 6) is -0.504. The van der Waals surface area contributed by atoms with Crippen molar-refractivity contribution in [1.29, 1.82) is 0 Å². The molecule has 1 saturated heterocycles. The van der Waals surface area contributed by atoms with Crippen molar-refractivity contribution in [3.05, 3.63) is 52.1 Å². The molecule has 1 aromatic rings. The van der Waals surface area contributed by atoms with Crippen molar-refractivity contribution in [3.63, 3.8) is 0 Å². The first-order chi connectivity index (χ1) is 10.9. The van der Waals surface area contributed by atoms with E-state index in [1.165, 1.54) is 16.0 Å².